The fraction of sp³-hybridized carbons (Fsp3) is 0.500. The maximum atomic E-state index is 13.6. The second kappa shape index (κ2) is 6.34. The average molecular weight is 327 g/mol. The van der Waals surface area contributed by atoms with Crippen LogP contribution in [0.2, 0.25) is 0 Å². The van der Waals surface area contributed by atoms with Crippen molar-refractivity contribution in [2.24, 2.45) is 11.7 Å². The smallest absolute Gasteiger partial charge is 0.246 e. The van der Waals surface area contributed by atoms with Crippen molar-refractivity contribution in [1.29, 1.82) is 0 Å². The fourth-order valence-electron chi connectivity index (χ4n) is 2.43. The summed E-state index contributed by atoms with van der Waals surface area (Å²) in [4.78, 5) is -0.488. The summed E-state index contributed by atoms with van der Waals surface area (Å²) in [7, 11) is -3.94. The van der Waals surface area contributed by atoms with Crippen molar-refractivity contribution < 1.29 is 17.2 Å². The van der Waals surface area contributed by atoms with Crippen LogP contribution in [-0.2, 0) is 10.0 Å². The van der Waals surface area contributed by atoms with Crippen LogP contribution in [0.3, 0.4) is 0 Å². The summed E-state index contributed by atoms with van der Waals surface area (Å²) in [6.45, 7) is 2.42. The Morgan fingerprint density at radius 1 is 1.40 bits per heavy atom. The molecule has 20 heavy (non-hydrogen) atoms. The molecular formula is C12H17ClF2N2O2S. The average Bonchev–Trinajstić information content (AvgIpc) is 2.70. The molecule has 0 saturated carbocycles. The van der Waals surface area contributed by atoms with Gasteiger partial charge in [-0.05, 0) is 37.9 Å². The summed E-state index contributed by atoms with van der Waals surface area (Å²) in [5.74, 6) is -1.79. The van der Waals surface area contributed by atoms with Crippen molar-refractivity contribution in [1.82, 2.24) is 4.31 Å². The molecule has 1 fully saturated rings. The molecule has 0 bridgehead atoms. The fourth-order valence-corrected chi connectivity index (χ4v) is 4.19. The molecular weight excluding hydrogens is 310 g/mol. The molecule has 2 atom stereocenters. The normalized spacial score (nSPS) is 23.6. The zero-order chi connectivity index (χ0) is 14.2. The Morgan fingerprint density at radius 3 is 2.55 bits per heavy atom. The van der Waals surface area contributed by atoms with Crippen LogP contribution >= 0.6 is 12.4 Å². The Morgan fingerprint density at radius 2 is 2.05 bits per heavy atom. The molecule has 4 nitrogen and oxygen atoms in total. The van der Waals surface area contributed by atoms with Crippen LogP contribution in [0.4, 0.5) is 8.78 Å². The number of nitrogens with two attached hydrogens (primary N) is 1. The summed E-state index contributed by atoms with van der Waals surface area (Å²) in [6, 6.07) is 2.25. The minimum Gasteiger partial charge on any atom is -0.330 e. The third-order valence-electron chi connectivity index (χ3n) is 3.42. The lowest BCUT2D eigenvalue weighted by atomic mass is 10.1. The molecule has 114 valence electrons. The van der Waals surface area contributed by atoms with E-state index in [0.717, 1.165) is 12.1 Å². The van der Waals surface area contributed by atoms with Crippen LogP contribution in [0.1, 0.15) is 13.3 Å². The molecule has 1 aliphatic heterocycles. The molecule has 1 heterocycles. The number of hydrogen-bond donors (Lipinski definition) is 1. The third kappa shape index (κ3) is 3.11. The van der Waals surface area contributed by atoms with Crippen molar-refractivity contribution >= 4 is 22.4 Å². The minimum absolute atomic E-state index is 0. The largest absolute Gasteiger partial charge is 0.330 e. The molecule has 0 amide bonds. The van der Waals surface area contributed by atoms with Crippen molar-refractivity contribution in [3.8, 4) is 0 Å². The lowest BCUT2D eigenvalue weighted by molar-refractivity contribution is 0.401. The summed E-state index contributed by atoms with van der Waals surface area (Å²) in [5.41, 5.74) is 5.54. The molecule has 2 unspecified atom stereocenters. The van der Waals surface area contributed by atoms with E-state index >= 15 is 0 Å². The van der Waals surface area contributed by atoms with Gasteiger partial charge in [0.15, 0.2) is 0 Å². The Bertz CT molecular complexity index is 583. The lowest BCUT2D eigenvalue weighted by Crippen LogP contribution is -2.35. The molecule has 1 aromatic carbocycles. The summed E-state index contributed by atoms with van der Waals surface area (Å²) in [6.07, 6.45) is 0.651. The van der Waals surface area contributed by atoms with Gasteiger partial charge in [-0.2, -0.15) is 4.31 Å². The van der Waals surface area contributed by atoms with Crippen LogP contribution in [0.15, 0.2) is 23.1 Å². The van der Waals surface area contributed by atoms with Gasteiger partial charge in [0, 0.05) is 18.7 Å². The van der Waals surface area contributed by atoms with Gasteiger partial charge in [-0.3, -0.25) is 0 Å². The zero-order valence-electron chi connectivity index (χ0n) is 10.9. The van der Waals surface area contributed by atoms with E-state index in [2.05, 4.69) is 0 Å². The Hall–Kier alpha value is -0.760. The van der Waals surface area contributed by atoms with Crippen LogP contribution in [-0.4, -0.2) is 31.9 Å². The number of halogens is 3. The Kier molecular flexibility index (Phi) is 5.48. The van der Waals surface area contributed by atoms with Crippen molar-refractivity contribution in [2.45, 2.75) is 24.3 Å². The number of benzene rings is 1. The van der Waals surface area contributed by atoms with Gasteiger partial charge in [0.25, 0.3) is 0 Å². The van der Waals surface area contributed by atoms with Gasteiger partial charge in [-0.1, -0.05) is 0 Å². The van der Waals surface area contributed by atoms with E-state index in [4.69, 9.17) is 5.73 Å². The van der Waals surface area contributed by atoms with Gasteiger partial charge in [0.05, 0.1) is 0 Å². The SMILES string of the molecule is CC1CC(CN)CN1S(=O)(=O)c1ccc(F)cc1F.Cl. The van der Waals surface area contributed by atoms with E-state index in [0.29, 0.717) is 19.0 Å². The zero-order valence-corrected chi connectivity index (χ0v) is 12.6. The van der Waals surface area contributed by atoms with Gasteiger partial charge < -0.3 is 5.73 Å². The highest BCUT2D eigenvalue weighted by Crippen LogP contribution is 2.30. The lowest BCUT2D eigenvalue weighted by Gasteiger charge is -2.21. The molecule has 0 aromatic heterocycles. The first-order valence-electron chi connectivity index (χ1n) is 6.03. The first-order valence-corrected chi connectivity index (χ1v) is 7.47. The first kappa shape index (κ1) is 17.3. The van der Waals surface area contributed by atoms with Crippen molar-refractivity contribution in [2.75, 3.05) is 13.1 Å². The number of hydrogen-bond acceptors (Lipinski definition) is 3. The molecule has 8 heteroatoms. The standard InChI is InChI=1S/C12H16F2N2O2S.ClH/c1-8-4-9(6-15)7-16(8)19(17,18)12-3-2-10(13)5-11(12)14;/h2-3,5,8-9H,4,6-7,15H2,1H3;1H. The second-order valence-corrected chi connectivity index (χ2v) is 6.69. The van der Waals surface area contributed by atoms with E-state index in [1.54, 1.807) is 6.92 Å². The third-order valence-corrected chi connectivity index (χ3v) is 5.43. The van der Waals surface area contributed by atoms with Crippen molar-refractivity contribution in [3.05, 3.63) is 29.8 Å². The Balaban J connectivity index is 0.00000200. The molecule has 2 N–H and O–H groups in total. The number of rotatable bonds is 3. The van der Waals surface area contributed by atoms with E-state index in [1.165, 1.54) is 4.31 Å². The molecule has 0 aliphatic carbocycles. The predicted molar refractivity (Wildman–Crippen MR) is 74.1 cm³/mol. The first-order chi connectivity index (χ1) is 8.86. The summed E-state index contributed by atoms with van der Waals surface area (Å²) < 4.78 is 52.4. The van der Waals surface area contributed by atoms with Gasteiger partial charge >= 0.3 is 0 Å². The van der Waals surface area contributed by atoms with Crippen LogP contribution < -0.4 is 5.73 Å². The van der Waals surface area contributed by atoms with Crippen LogP contribution in [0.25, 0.3) is 0 Å². The molecule has 0 radical (unpaired) electrons. The highest BCUT2D eigenvalue weighted by Gasteiger charge is 2.38. The van der Waals surface area contributed by atoms with Gasteiger partial charge in [0.1, 0.15) is 16.5 Å². The monoisotopic (exact) mass is 326 g/mol. The second-order valence-electron chi connectivity index (χ2n) is 4.84. The number of sulfonamides is 1. The predicted octanol–water partition coefficient (Wildman–Crippen LogP) is 1.74. The maximum Gasteiger partial charge on any atom is 0.246 e. The molecule has 1 aromatic rings. The highest BCUT2D eigenvalue weighted by molar-refractivity contribution is 7.89. The quantitative estimate of drug-likeness (QED) is 0.920. The number of nitrogens with zero attached hydrogens (tertiary/aromatic N) is 1. The van der Waals surface area contributed by atoms with Crippen molar-refractivity contribution in [3.63, 3.8) is 0 Å². The maximum absolute atomic E-state index is 13.6. The molecule has 0 spiro atoms. The van der Waals surface area contributed by atoms with Crippen LogP contribution in [0.5, 0.6) is 0 Å². The van der Waals surface area contributed by atoms with Gasteiger partial charge in [-0.25, -0.2) is 17.2 Å². The molecule has 2 rings (SSSR count). The van der Waals surface area contributed by atoms with E-state index in [1.807, 2.05) is 0 Å². The minimum atomic E-state index is -3.94. The molecule has 1 aliphatic rings. The topological polar surface area (TPSA) is 63.4 Å². The van der Waals surface area contributed by atoms with Gasteiger partial charge in [-0.15, -0.1) is 12.4 Å². The Labute approximate surface area is 123 Å². The van der Waals surface area contributed by atoms with E-state index < -0.39 is 26.6 Å². The van der Waals surface area contributed by atoms with E-state index in [9.17, 15) is 17.2 Å². The van der Waals surface area contributed by atoms with Gasteiger partial charge in [0.2, 0.25) is 10.0 Å². The summed E-state index contributed by atoms with van der Waals surface area (Å²) in [5, 5.41) is 0. The van der Waals surface area contributed by atoms with Crippen LogP contribution in [0, 0.1) is 17.6 Å². The summed E-state index contributed by atoms with van der Waals surface area (Å²) >= 11 is 0. The molecule has 1 saturated heterocycles. The highest BCUT2D eigenvalue weighted by atomic mass is 35.5. The van der Waals surface area contributed by atoms with E-state index in [-0.39, 0.29) is 30.9 Å².